The van der Waals surface area contributed by atoms with Crippen molar-refractivity contribution in [3.05, 3.63) is 64.4 Å². The van der Waals surface area contributed by atoms with Crippen molar-refractivity contribution in [3.63, 3.8) is 0 Å². The normalized spacial score (nSPS) is 11.8. The summed E-state index contributed by atoms with van der Waals surface area (Å²) in [6.07, 6.45) is 0. The molecule has 0 spiro atoms. The quantitative estimate of drug-likeness (QED) is 0.726. The Bertz CT molecular complexity index is 689. The van der Waals surface area contributed by atoms with Gasteiger partial charge in [0.2, 0.25) is 5.91 Å². The monoisotopic (exact) mass is 381 g/mol. The first-order chi connectivity index (χ1) is 12.0. The van der Waals surface area contributed by atoms with Crippen molar-refractivity contribution in [1.82, 2.24) is 5.32 Å². The molecule has 1 N–H and O–H groups in total. The van der Waals surface area contributed by atoms with Crippen LogP contribution in [0, 0.1) is 12.7 Å². The van der Waals surface area contributed by atoms with Gasteiger partial charge in [0.1, 0.15) is 18.2 Å². The molecule has 0 aromatic heterocycles. The lowest BCUT2D eigenvalue weighted by atomic mass is 10.2. The summed E-state index contributed by atoms with van der Waals surface area (Å²) >= 11 is 7.29. The Kier molecular flexibility index (Phi) is 7.59. The third-order valence-corrected chi connectivity index (χ3v) is 4.78. The van der Waals surface area contributed by atoms with Gasteiger partial charge in [-0.25, -0.2) is 4.39 Å². The van der Waals surface area contributed by atoms with Crippen molar-refractivity contribution < 1.29 is 13.9 Å². The first-order valence-corrected chi connectivity index (χ1v) is 9.48. The number of hydrogen-bond donors (Lipinski definition) is 1. The lowest BCUT2D eigenvalue weighted by Gasteiger charge is -2.15. The van der Waals surface area contributed by atoms with Gasteiger partial charge in [0, 0.05) is 16.3 Å². The fraction of sp³-hybridized carbons (Fsp3) is 0.316. The van der Waals surface area contributed by atoms with Crippen molar-refractivity contribution in [3.8, 4) is 5.75 Å². The van der Waals surface area contributed by atoms with E-state index >= 15 is 0 Å². The first kappa shape index (κ1) is 19.6. The van der Waals surface area contributed by atoms with Gasteiger partial charge in [-0.1, -0.05) is 35.4 Å². The Hall–Kier alpha value is -1.72. The van der Waals surface area contributed by atoms with Crippen molar-refractivity contribution in [1.29, 1.82) is 0 Å². The molecule has 1 amide bonds. The van der Waals surface area contributed by atoms with Gasteiger partial charge in [0.25, 0.3) is 0 Å². The maximum absolute atomic E-state index is 13.7. The van der Waals surface area contributed by atoms with Crippen molar-refractivity contribution in [2.75, 3.05) is 12.4 Å². The van der Waals surface area contributed by atoms with E-state index in [0.717, 1.165) is 5.75 Å². The molecule has 0 radical (unpaired) electrons. The van der Waals surface area contributed by atoms with E-state index in [0.29, 0.717) is 22.9 Å². The van der Waals surface area contributed by atoms with E-state index in [-0.39, 0.29) is 23.5 Å². The highest BCUT2D eigenvalue weighted by atomic mass is 35.5. The minimum absolute atomic E-state index is 0.113. The number of halogens is 2. The van der Waals surface area contributed by atoms with Crippen molar-refractivity contribution >= 4 is 29.3 Å². The predicted molar refractivity (Wildman–Crippen MR) is 102 cm³/mol. The molecule has 2 rings (SSSR count). The molecule has 25 heavy (non-hydrogen) atoms. The molecule has 3 nitrogen and oxygen atoms in total. The van der Waals surface area contributed by atoms with Gasteiger partial charge < -0.3 is 10.1 Å². The average molecular weight is 382 g/mol. The standard InChI is InChI=1S/C19H21ClFNO2S/c1-13-6-8-15(9-7-13)24-10-14(2)22-19(23)12-25-11-16-17(20)4-3-5-18(16)21/h3-9,14H,10-12H2,1-2H3,(H,22,23). The Morgan fingerprint density at radius 3 is 2.68 bits per heavy atom. The molecule has 0 aliphatic heterocycles. The first-order valence-electron chi connectivity index (χ1n) is 7.95. The van der Waals surface area contributed by atoms with Crippen LogP contribution in [0.3, 0.4) is 0 Å². The second-order valence-corrected chi connectivity index (χ2v) is 7.18. The van der Waals surface area contributed by atoms with Crippen LogP contribution < -0.4 is 10.1 Å². The molecule has 134 valence electrons. The predicted octanol–water partition coefficient (Wildman–Crippen LogP) is 4.60. The number of carbonyl (C=O) groups excluding carboxylic acids is 1. The molecule has 6 heteroatoms. The van der Waals surface area contributed by atoms with Crippen LogP contribution in [0.4, 0.5) is 4.39 Å². The summed E-state index contributed by atoms with van der Waals surface area (Å²) in [5.41, 5.74) is 1.60. The van der Waals surface area contributed by atoms with Crippen LogP contribution in [-0.2, 0) is 10.5 Å². The zero-order valence-corrected chi connectivity index (χ0v) is 15.8. The van der Waals surface area contributed by atoms with E-state index in [1.165, 1.54) is 23.4 Å². The van der Waals surface area contributed by atoms with Gasteiger partial charge in [-0.05, 0) is 38.1 Å². The molecular weight excluding hydrogens is 361 g/mol. The average Bonchev–Trinajstić information content (AvgIpc) is 2.57. The molecule has 0 saturated heterocycles. The van der Waals surface area contributed by atoms with Gasteiger partial charge in [-0.15, -0.1) is 11.8 Å². The number of benzene rings is 2. The van der Waals surface area contributed by atoms with Crippen molar-refractivity contribution in [2.45, 2.75) is 25.6 Å². The third kappa shape index (κ3) is 6.59. The molecule has 0 aliphatic rings. The van der Waals surface area contributed by atoms with E-state index in [1.807, 2.05) is 38.1 Å². The van der Waals surface area contributed by atoms with Crippen LogP contribution in [0.25, 0.3) is 0 Å². The van der Waals surface area contributed by atoms with E-state index in [1.54, 1.807) is 12.1 Å². The van der Waals surface area contributed by atoms with E-state index < -0.39 is 0 Å². The van der Waals surface area contributed by atoms with Gasteiger partial charge in [0.15, 0.2) is 0 Å². The largest absolute Gasteiger partial charge is 0.491 e. The number of ether oxygens (including phenoxy) is 1. The summed E-state index contributed by atoms with van der Waals surface area (Å²) in [7, 11) is 0. The summed E-state index contributed by atoms with van der Waals surface area (Å²) in [5.74, 6) is 0.903. The fourth-order valence-corrected chi connectivity index (χ4v) is 3.31. The van der Waals surface area contributed by atoms with E-state index in [9.17, 15) is 9.18 Å². The van der Waals surface area contributed by atoms with Crippen LogP contribution in [0.15, 0.2) is 42.5 Å². The number of thioether (sulfide) groups is 1. The maximum atomic E-state index is 13.7. The number of hydrogen-bond acceptors (Lipinski definition) is 3. The fourth-order valence-electron chi connectivity index (χ4n) is 2.13. The molecule has 0 bridgehead atoms. The van der Waals surface area contributed by atoms with Crippen LogP contribution in [-0.4, -0.2) is 24.3 Å². The number of rotatable bonds is 8. The molecule has 0 heterocycles. The lowest BCUT2D eigenvalue weighted by molar-refractivity contribution is -0.119. The van der Waals surface area contributed by atoms with Crippen LogP contribution >= 0.6 is 23.4 Å². The highest BCUT2D eigenvalue weighted by Gasteiger charge is 2.11. The molecule has 0 aliphatic carbocycles. The van der Waals surface area contributed by atoms with Crippen LogP contribution in [0.2, 0.25) is 5.02 Å². The Labute approximate surface area is 156 Å². The molecule has 0 fully saturated rings. The summed E-state index contributed by atoms with van der Waals surface area (Å²) in [6.45, 7) is 4.28. The van der Waals surface area contributed by atoms with Crippen LogP contribution in [0.5, 0.6) is 5.75 Å². The zero-order chi connectivity index (χ0) is 18.2. The second-order valence-electron chi connectivity index (χ2n) is 5.79. The highest BCUT2D eigenvalue weighted by Crippen LogP contribution is 2.23. The zero-order valence-electron chi connectivity index (χ0n) is 14.2. The van der Waals surface area contributed by atoms with Gasteiger partial charge in [-0.3, -0.25) is 4.79 Å². The smallest absolute Gasteiger partial charge is 0.230 e. The summed E-state index contributed by atoms with van der Waals surface area (Å²) in [6, 6.07) is 12.2. The number of aryl methyl sites for hydroxylation is 1. The molecule has 2 aromatic carbocycles. The molecule has 0 saturated carbocycles. The molecular formula is C19H21ClFNO2S. The number of amides is 1. The third-order valence-electron chi connectivity index (χ3n) is 3.47. The van der Waals surface area contributed by atoms with Gasteiger partial charge >= 0.3 is 0 Å². The highest BCUT2D eigenvalue weighted by molar-refractivity contribution is 7.99. The summed E-state index contributed by atoms with van der Waals surface area (Å²) < 4.78 is 19.3. The second kappa shape index (κ2) is 9.68. The Morgan fingerprint density at radius 2 is 2.00 bits per heavy atom. The topological polar surface area (TPSA) is 38.3 Å². The molecule has 2 aromatic rings. The summed E-state index contributed by atoms with van der Waals surface area (Å²) in [4.78, 5) is 12.0. The lowest BCUT2D eigenvalue weighted by Crippen LogP contribution is -2.37. The van der Waals surface area contributed by atoms with E-state index in [4.69, 9.17) is 16.3 Å². The van der Waals surface area contributed by atoms with E-state index in [2.05, 4.69) is 5.32 Å². The van der Waals surface area contributed by atoms with Crippen molar-refractivity contribution in [2.24, 2.45) is 0 Å². The maximum Gasteiger partial charge on any atom is 0.230 e. The minimum atomic E-state index is -0.347. The van der Waals surface area contributed by atoms with Crippen LogP contribution in [0.1, 0.15) is 18.1 Å². The van der Waals surface area contributed by atoms with Gasteiger partial charge in [0.05, 0.1) is 11.8 Å². The Morgan fingerprint density at radius 1 is 1.28 bits per heavy atom. The minimum Gasteiger partial charge on any atom is -0.491 e. The summed E-state index contributed by atoms with van der Waals surface area (Å²) in [5, 5.41) is 3.25. The number of nitrogens with one attached hydrogen (secondary N) is 1. The molecule has 1 unspecified atom stereocenters. The molecule has 1 atom stereocenters. The van der Waals surface area contributed by atoms with Gasteiger partial charge in [-0.2, -0.15) is 0 Å². The SMILES string of the molecule is Cc1ccc(OCC(C)NC(=O)CSCc2c(F)cccc2Cl)cc1. The number of carbonyl (C=O) groups is 1. The Balaban J connectivity index is 1.70.